The summed E-state index contributed by atoms with van der Waals surface area (Å²) in [4.78, 5) is 46.1. The first-order valence-corrected chi connectivity index (χ1v) is 8.82. The Morgan fingerprint density at radius 3 is 2.37 bits per heavy atom. The number of hydrogen-bond acceptors (Lipinski definition) is 8. The lowest BCUT2D eigenvalue weighted by atomic mass is 10.2. The molecule has 1 aliphatic rings. The number of nitrogens with one attached hydrogen (secondary N) is 2. The van der Waals surface area contributed by atoms with E-state index in [1.165, 1.54) is 30.3 Å². The number of non-ortho nitro benzene ring substituents is 2. The zero-order valence-corrected chi connectivity index (χ0v) is 15.6. The predicted molar refractivity (Wildman–Crippen MR) is 106 cm³/mol. The molecule has 1 heterocycles. The van der Waals surface area contributed by atoms with E-state index < -0.39 is 21.7 Å². The maximum atomic E-state index is 12.2. The Morgan fingerprint density at radius 1 is 1.03 bits per heavy atom. The summed E-state index contributed by atoms with van der Waals surface area (Å²) in [6.45, 7) is 0.00644. The number of carbonyl (C=O) groups excluding carboxylic acids is 2. The second kappa shape index (κ2) is 8.86. The third-order valence-electron chi connectivity index (χ3n) is 4.25. The lowest BCUT2D eigenvalue weighted by molar-refractivity contribution is -0.385. The molecule has 1 aliphatic heterocycles. The average molecular weight is 415 g/mol. The van der Waals surface area contributed by atoms with Crippen molar-refractivity contribution in [1.82, 2.24) is 5.32 Å². The highest BCUT2D eigenvalue weighted by Gasteiger charge is 2.29. The van der Waals surface area contributed by atoms with Crippen molar-refractivity contribution in [2.45, 2.75) is 0 Å². The van der Waals surface area contributed by atoms with E-state index >= 15 is 0 Å². The van der Waals surface area contributed by atoms with Crippen molar-refractivity contribution >= 4 is 34.6 Å². The minimum atomic E-state index is -0.596. The van der Waals surface area contributed by atoms with Crippen LogP contribution in [0.4, 0.5) is 22.7 Å². The van der Waals surface area contributed by atoms with E-state index in [2.05, 4.69) is 10.6 Å². The standard InChI is InChI=1S/C18H17N5O7/c24-17(20-8-7-19-12-1-3-13(4-2-12)22(26)27)10-21-15-9-14(23(28)29)5-6-16(15)30-11-18(21)25/h1-6,9,19H,7-8,10-11H2,(H,20,24). The SMILES string of the molecule is O=C(CN1C(=O)COc2ccc([N+](=O)[O-])cc21)NCCNc1ccc([N+](=O)[O-])cc1. The third kappa shape index (κ3) is 4.79. The van der Waals surface area contributed by atoms with Gasteiger partial charge in [0.15, 0.2) is 6.61 Å². The molecule has 0 atom stereocenters. The molecular formula is C18H17N5O7. The number of fused-ring (bicyclic) bond motifs is 1. The molecule has 0 fully saturated rings. The largest absolute Gasteiger partial charge is 0.482 e. The van der Waals surface area contributed by atoms with Crippen LogP contribution in [0.15, 0.2) is 42.5 Å². The van der Waals surface area contributed by atoms with E-state index in [9.17, 15) is 29.8 Å². The van der Waals surface area contributed by atoms with Gasteiger partial charge in [0.25, 0.3) is 17.3 Å². The van der Waals surface area contributed by atoms with Gasteiger partial charge in [-0.3, -0.25) is 34.7 Å². The number of nitro benzene ring substituents is 2. The molecule has 30 heavy (non-hydrogen) atoms. The van der Waals surface area contributed by atoms with Crippen molar-refractivity contribution in [2.24, 2.45) is 0 Å². The van der Waals surface area contributed by atoms with Crippen LogP contribution < -0.4 is 20.3 Å². The van der Waals surface area contributed by atoms with Crippen molar-refractivity contribution < 1.29 is 24.2 Å². The van der Waals surface area contributed by atoms with Crippen LogP contribution in [-0.2, 0) is 9.59 Å². The molecule has 12 heteroatoms. The van der Waals surface area contributed by atoms with E-state index in [1.54, 1.807) is 12.1 Å². The minimum absolute atomic E-state index is 0.0236. The molecule has 0 saturated heterocycles. The van der Waals surface area contributed by atoms with Crippen molar-refractivity contribution in [3.8, 4) is 5.75 Å². The van der Waals surface area contributed by atoms with Gasteiger partial charge in [0.2, 0.25) is 5.91 Å². The number of anilines is 2. The number of rotatable bonds is 8. The number of benzene rings is 2. The molecule has 0 radical (unpaired) electrons. The van der Waals surface area contributed by atoms with Crippen LogP contribution in [0.3, 0.4) is 0 Å². The fourth-order valence-corrected chi connectivity index (χ4v) is 2.79. The normalized spacial score (nSPS) is 12.5. The average Bonchev–Trinajstić information content (AvgIpc) is 2.73. The van der Waals surface area contributed by atoms with Gasteiger partial charge in [-0.2, -0.15) is 0 Å². The van der Waals surface area contributed by atoms with Gasteiger partial charge in [-0.25, -0.2) is 0 Å². The van der Waals surface area contributed by atoms with Crippen LogP contribution >= 0.6 is 0 Å². The van der Waals surface area contributed by atoms with Crippen LogP contribution in [0.2, 0.25) is 0 Å². The molecule has 2 aromatic carbocycles. The summed E-state index contributed by atoms with van der Waals surface area (Å²) in [6, 6.07) is 9.67. The topological polar surface area (TPSA) is 157 Å². The van der Waals surface area contributed by atoms with Gasteiger partial charge >= 0.3 is 0 Å². The molecule has 12 nitrogen and oxygen atoms in total. The number of nitrogens with zero attached hydrogens (tertiary/aromatic N) is 3. The molecule has 0 aromatic heterocycles. The van der Waals surface area contributed by atoms with Gasteiger partial charge in [0.1, 0.15) is 12.3 Å². The fraction of sp³-hybridized carbons (Fsp3) is 0.222. The summed E-state index contributed by atoms with van der Waals surface area (Å²) in [5, 5.41) is 27.3. The highest BCUT2D eigenvalue weighted by atomic mass is 16.6. The Bertz CT molecular complexity index is 993. The van der Waals surface area contributed by atoms with Crippen LogP contribution in [0.1, 0.15) is 0 Å². The first-order chi connectivity index (χ1) is 14.3. The van der Waals surface area contributed by atoms with Gasteiger partial charge in [0, 0.05) is 43.0 Å². The van der Waals surface area contributed by atoms with Gasteiger partial charge in [-0.05, 0) is 18.2 Å². The van der Waals surface area contributed by atoms with Crippen LogP contribution in [0.5, 0.6) is 5.75 Å². The fourth-order valence-electron chi connectivity index (χ4n) is 2.79. The van der Waals surface area contributed by atoms with Gasteiger partial charge in [0.05, 0.1) is 15.5 Å². The summed E-state index contributed by atoms with van der Waals surface area (Å²) in [5.41, 5.74) is 0.577. The van der Waals surface area contributed by atoms with E-state index in [-0.39, 0.29) is 42.5 Å². The quantitative estimate of drug-likeness (QED) is 0.373. The number of amides is 2. The number of carbonyl (C=O) groups is 2. The molecule has 0 saturated carbocycles. The number of ether oxygens (including phenoxy) is 1. The third-order valence-corrected chi connectivity index (χ3v) is 4.25. The van der Waals surface area contributed by atoms with Gasteiger partial charge in [-0.1, -0.05) is 0 Å². The van der Waals surface area contributed by atoms with E-state index in [0.717, 1.165) is 4.90 Å². The lowest BCUT2D eigenvalue weighted by Gasteiger charge is -2.28. The molecule has 3 rings (SSSR count). The second-order valence-electron chi connectivity index (χ2n) is 6.26. The van der Waals surface area contributed by atoms with E-state index in [1.807, 2.05) is 0 Å². The first-order valence-electron chi connectivity index (χ1n) is 8.82. The van der Waals surface area contributed by atoms with Crippen LogP contribution in [-0.4, -0.2) is 47.9 Å². The summed E-state index contributed by atoms with van der Waals surface area (Å²) < 4.78 is 5.26. The molecular weight excluding hydrogens is 398 g/mol. The molecule has 2 amide bonds. The highest BCUT2D eigenvalue weighted by Crippen LogP contribution is 2.35. The number of hydrogen-bond donors (Lipinski definition) is 2. The molecule has 0 unspecified atom stereocenters. The molecule has 0 spiro atoms. The minimum Gasteiger partial charge on any atom is -0.482 e. The highest BCUT2D eigenvalue weighted by molar-refractivity contribution is 6.02. The molecule has 156 valence electrons. The summed E-state index contributed by atoms with van der Waals surface area (Å²) in [6.07, 6.45) is 0. The second-order valence-corrected chi connectivity index (χ2v) is 6.26. The molecule has 2 N–H and O–H groups in total. The smallest absolute Gasteiger partial charge is 0.271 e. The Labute approximate surface area is 169 Å². The maximum Gasteiger partial charge on any atom is 0.271 e. The predicted octanol–water partition coefficient (Wildman–Crippen LogP) is 1.46. The Hall–Kier alpha value is -4.22. The maximum absolute atomic E-state index is 12.2. The zero-order chi connectivity index (χ0) is 21.7. The monoisotopic (exact) mass is 415 g/mol. The molecule has 0 aliphatic carbocycles. The van der Waals surface area contributed by atoms with E-state index in [4.69, 9.17) is 4.74 Å². The van der Waals surface area contributed by atoms with Crippen LogP contribution in [0.25, 0.3) is 0 Å². The van der Waals surface area contributed by atoms with Crippen LogP contribution in [0, 0.1) is 20.2 Å². The van der Waals surface area contributed by atoms with Crippen molar-refractivity contribution in [3.05, 3.63) is 62.7 Å². The summed E-state index contributed by atoms with van der Waals surface area (Å²) in [7, 11) is 0. The Balaban J connectivity index is 1.53. The number of nitro groups is 2. The van der Waals surface area contributed by atoms with Gasteiger partial charge in [-0.15, -0.1) is 0 Å². The van der Waals surface area contributed by atoms with Gasteiger partial charge < -0.3 is 15.4 Å². The zero-order valence-electron chi connectivity index (χ0n) is 15.6. The molecule has 0 bridgehead atoms. The van der Waals surface area contributed by atoms with Crippen molar-refractivity contribution in [3.63, 3.8) is 0 Å². The van der Waals surface area contributed by atoms with E-state index in [0.29, 0.717) is 12.2 Å². The Kier molecular flexibility index (Phi) is 6.05. The van der Waals surface area contributed by atoms with Crippen molar-refractivity contribution in [1.29, 1.82) is 0 Å². The van der Waals surface area contributed by atoms with Crippen molar-refractivity contribution in [2.75, 3.05) is 36.5 Å². The Morgan fingerprint density at radius 2 is 1.70 bits per heavy atom. The summed E-state index contributed by atoms with van der Waals surface area (Å²) in [5.74, 6) is -0.650. The lowest BCUT2D eigenvalue weighted by Crippen LogP contribution is -2.45. The first kappa shape index (κ1) is 20.5. The summed E-state index contributed by atoms with van der Waals surface area (Å²) >= 11 is 0. The molecule has 2 aromatic rings.